The number of nitriles is 1. The summed E-state index contributed by atoms with van der Waals surface area (Å²) in [6, 6.07) is 13.8. The normalized spacial score (nSPS) is 10.9. The number of hydrogen-bond donors (Lipinski definition) is 2. The lowest BCUT2D eigenvalue weighted by molar-refractivity contribution is 0.0693. The number of hydrogen-bond acceptors (Lipinski definition) is 4. The van der Waals surface area contributed by atoms with Crippen LogP contribution in [-0.4, -0.2) is 30.3 Å². The van der Waals surface area contributed by atoms with Gasteiger partial charge in [-0.15, -0.1) is 0 Å². The van der Waals surface area contributed by atoms with E-state index in [-0.39, 0.29) is 11.3 Å². The van der Waals surface area contributed by atoms with Crippen molar-refractivity contribution in [3.05, 3.63) is 59.2 Å². The standard InChI is InChI=1S/C18H16N2O3/c1-20(2)15-6-4-13(5-7-15)14(11-19)9-12-3-8-17(21)16(10-12)18(22)23/h3-10,21H,1-2H3,(H,22,23)/b14-9+. The molecular weight excluding hydrogens is 292 g/mol. The largest absolute Gasteiger partial charge is 0.507 e. The van der Waals surface area contributed by atoms with Crippen LogP contribution < -0.4 is 4.90 Å². The van der Waals surface area contributed by atoms with Crippen LogP contribution in [0.3, 0.4) is 0 Å². The number of phenols is 1. The Balaban J connectivity index is 2.41. The summed E-state index contributed by atoms with van der Waals surface area (Å²) in [5, 5.41) is 27.9. The first-order valence-electron chi connectivity index (χ1n) is 6.88. The van der Waals surface area contributed by atoms with E-state index >= 15 is 0 Å². The Kier molecular flexibility index (Phi) is 4.67. The zero-order valence-electron chi connectivity index (χ0n) is 12.8. The molecule has 23 heavy (non-hydrogen) atoms. The first-order valence-corrected chi connectivity index (χ1v) is 6.88. The maximum Gasteiger partial charge on any atom is 0.339 e. The van der Waals surface area contributed by atoms with E-state index in [1.165, 1.54) is 12.1 Å². The summed E-state index contributed by atoms with van der Waals surface area (Å²) < 4.78 is 0. The number of carboxylic acid groups (broad SMARTS) is 1. The van der Waals surface area contributed by atoms with Gasteiger partial charge in [0.05, 0.1) is 11.6 Å². The van der Waals surface area contributed by atoms with Gasteiger partial charge in [0.2, 0.25) is 0 Å². The fourth-order valence-corrected chi connectivity index (χ4v) is 2.10. The van der Waals surface area contributed by atoms with Crippen molar-refractivity contribution in [2.24, 2.45) is 0 Å². The first kappa shape index (κ1) is 16.1. The summed E-state index contributed by atoms with van der Waals surface area (Å²) in [4.78, 5) is 13.0. The van der Waals surface area contributed by atoms with Crippen LogP contribution >= 0.6 is 0 Å². The van der Waals surface area contributed by atoms with Crippen molar-refractivity contribution in [3.8, 4) is 11.8 Å². The number of aromatic carboxylic acids is 1. The van der Waals surface area contributed by atoms with Crippen molar-refractivity contribution >= 4 is 23.3 Å². The molecule has 0 aliphatic rings. The van der Waals surface area contributed by atoms with Crippen molar-refractivity contribution in [2.75, 3.05) is 19.0 Å². The fourth-order valence-electron chi connectivity index (χ4n) is 2.10. The van der Waals surface area contributed by atoms with Gasteiger partial charge >= 0.3 is 5.97 Å². The number of aromatic hydroxyl groups is 1. The summed E-state index contributed by atoms with van der Waals surface area (Å²) in [5.74, 6) is -1.52. The van der Waals surface area contributed by atoms with E-state index in [1.54, 1.807) is 12.1 Å². The third kappa shape index (κ3) is 3.69. The Bertz CT molecular complexity index is 800. The maximum absolute atomic E-state index is 11.1. The smallest absolute Gasteiger partial charge is 0.339 e. The van der Waals surface area contributed by atoms with Crippen molar-refractivity contribution in [1.82, 2.24) is 0 Å². The predicted molar refractivity (Wildman–Crippen MR) is 89.3 cm³/mol. The highest BCUT2D eigenvalue weighted by Gasteiger charge is 2.10. The molecule has 2 rings (SSSR count). The number of nitrogens with zero attached hydrogens (tertiary/aromatic N) is 2. The molecule has 116 valence electrons. The van der Waals surface area contributed by atoms with Gasteiger partial charge in [0.1, 0.15) is 11.3 Å². The van der Waals surface area contributed by atoms with Gasteiger partial charge in [0.15, 0.2) is 0 Å². The molecule has 2 N–H and O–H groups in total. The van der Waals surface area contributed by atoms with Gasteiger partial charge in [-0.2, -0.15) is 5.26 Å². The molecule has 0 saturated carbocycles. The van der Waals surface area contributed by atoms with Crippen molar-refractivity contribution < 1.29 is 15.0 Å². The second-order valence-electron chi connectivity index (χ2n) is 5.19. The van der Waals surface area contributed by atoms with E-state index in [0.717, 1.165) is 11.3 Å². The Morgan fingerprint density at radius 1 is 1.17 bits per heavy atom. The summed E-state index contributed by atoms with van der Waals surface area (Å²) in [6.07, 6.45) is 1.59. The topological polar surface area (TPSA) is 84.6 Å². The molecule has 0 bridgehead atoms. The minimum absolute atomic E-state index is 0.195. The quantitative estimate of drug-likeness (QED) is 0.669. The van der Waals surface area contributed by atoms with E-state index in [0.29, 0.717) is 11.1 Å². The van der Waals surface area contributed by atoms with Crippen LogP contribution in [0, 0.1) is 11.3 Å². The lowest BCUT2D eigenvalue weighted by Crippen LogP contribution is -2.08. The van der Waals surface area contributed by atoms with Crippen LogP contribution in [0.25, 0.3) is 11.6 Å². The van der Waals surface area contributed by atoms with E-state index < -0.39 is 5.97 Å². The summed E-state index contributed by atoms with van der Waals surface area (Å²) in [6.45, 7) is 0. The molecule has 0 aromatic heterocycles. The maximum atomic E-state index is 11.1. The number of carboxylic acids is 1. The molecule has 5 nitrogen and oxygen atoms in total. The molecule has 0 amide bonds. The average Bonchev–Trinajstić information content (AvgIpc) is 2.54. The number of allylic oxidation sites excluding steroid dienone is 1. The molecule has 0 atom stereocenters. The van der Waals surface area contributed by atoms with Crippen LogP contribution in [0.15, 0.2) is 42.5 Å². The molecule has 0 aliphatic heterocycles. The van der Waals surface area contributed by atoms with Crippen LogP contribution in [0.5, 0.6) is 5.75 Å². The SMILES string of the molecule is CN(C)c1ccc(/C(C#N)=C/c2ccc(O)c(C(=O)O)c2)cc1. The molecule has 0 spiro atoms. The van der Waals surface area contributed by atoms with Crippen molar-refractivity contribution in [3.63, 3.8) is 0 Å². The van der Waals surface area contributed by atoms with Crippen LogP contribution in [0.2, 0.25) is 0 Å². The van der Waals surface area contributed by atoms with Crippen LogP contribution in [0.1, 0.15) is 21.5 Å². The Hall–Kier alpha value is -3.26. The lowest BCUT2D eigenvalue weighted by Gasteiger charge is -2.12. The molecule has 0 radical (unpaired) electrons. The summed E-state index contributed by atoms with van der Waals surface area (Å²) >= 11 is 0. The molecule has 0 unspecified atom stereocenters. The zero-order chi connectivity index (χ0) is 17.0. The fraction of sp³-hybridized carbons (Fsp3) is 0.111. The third-order valence-corrected chi connectivity index (χ3v) is 3.38. The van der Waals surface area contributed by atoms with Crippen molar-refractivity contribution in [2.45, 2.75) is 0 Å². The highest BCUT2D eigenvalue weighted by Crippen LogP contribution is 2.24. The van der Waals surface area contributed by atoms with Gasteiger partial charge < -0.3 is 15.1 Å². The lowest BCUT2D eigenvalue weighted by atomic mass is 10.0. The van der Waals surface area contributed by atoms with E-state index in [4.69, 9.17) is 5.11 Å². The highest BCUT2D eigenvalue weighted by atomic mass is 16.4. The van der Waals surface area contributed by atoms with Crippen LogP contribution in [-0.2, 0) is 0 Å². The molecule has 0 saturated heterocycles. The molecular formula is C18H16N2O3. The summed E-state index contributed by atoms with van der Waals surface area (Å²) in [5.41, 5.74) is 2.51. The number of benzene rings is 2. The second kappa shape index (κ2) is 6.67. The van der Waals surface area contributed by atoms with Gasteiger partial charge in [-0.25, -0.2) is 4.79 Å². The summed E-state index contributed by atoms with van der Waals surface area (Å²) in [7, 11) is 3.86. The Morgan fingerprint density at radius 2 is 1.83 bits per heavy atom. The highest BCUT2D eigenvalue weighted by molar-refractivity contribution is 5.94. The molecule has 0 heterocycles. The Labute approximate surface area is 134 Å². The first-order chi connectivity index (χ1) is 10.9. The molecule has 0 fully saturated rings. The van der Waals surface area contributed by atoms with Gasteiger partial charge in [0, 0.05) is 19.8 Å². The molecule has 2 aromatic rings. The van der Waals surface area contributed by atoms with Gasteiger partial charge in [0.25, 0.3) is 0 Å². The van der Waals surface area contributed by atoms with Crippen molar-refractivity contribution in [1.29, 1.82) is 5.26 Å². The minimum Gasteiger partial charge on any atom is -0.507 e. The van der Waals surface area contributed by atoms with E-state index in [2.05, 4.69) is 6.07 Å². The van der Waals surface area contributed by atoms with E-state index in [9.17, 15) is 15.2 Å². The number of rotatable bonds is 4. The Morgan fingerprint density at radius 3 is 2.35 bits per heavy atom. The molecule has 0 aliphatic carbocycles. The van der Waals surface area contributed by atoms with Gasteiger partial charge in [-0.1, -0.05) is 18.2 Å². The van der Waals surface area contributed by atoms with Crippen LogP contribution in [0.4, 0.5) is 5.69 Å². The zero-order valence-corrected chi connectivity index (χ0v) is 12.8. The second-order valence-corrected chi connectivity index (χ2v) is 5.19. The van der Waals surface area contributed by atoms with E-state index in [1.807, 2.05) is 43.3 Å². The average molecular weight is 308 g/mol. The molecule has 2 aromatic carbocycles. The third-order valence-electron chi connectivity index (χ3n) is 3.38. The molecule has 5 heteroatoms. The van der Waals surface area contributed by atoms with Gasteiger partial charge in [-0.05, 0) is 41.5 Å². The van der Waals surface area contributed by atoms with Gasteiger partial charge in [-0.3, -0.25) is 0 Å². The minimum atomic E-state index is -1.22. The monoisotopic (exact) mass is 308 g/mol. The number of carbonyl (C=O) groups is 1. The predicted octanol–water partition coefficient (Wildman–Crippen LogP) is 3.22. The number of anilines is 1.